The van der Waals surface area contributed by atoms with Crippen molar-refractivity contribution in [3.05, 3.63) is 0 Å². The molecule has 0 heterocycles. The maximum atomic E-state index is 9.05. The van der Waals surface area contributed by atoms with Gasteiger partial charge in [-0.3, -0.25) is 0 Å². The Morgan fingerprint density at radius 2 is 2.00 bits per heavy atom. The van der Waals surface area contributed by atoms with Crippen molar-refractivity contribution in [2.75, 3.05) is 0 Å². The number of aliphatic hydroxyl groups excluding tert-OH is 1. The van der Waals surface area contributed by atoms with Crippen molar-refractivity contribution in [1.82, 2.24) is 0 Å². The van der Waals surface area contributed by atoms with Crippen LogP contribution in [0.5, 0.6) is 0 Å². The van der Waals surface area contributed by atoms with E-state index in [0.29, 0.717) is 5.92 Å². The van der Waals surface area contributed by atoms with Crippen molar-refractivity contribution in [3.8, 4) is 11.8 Å². The second-order valence-electron chi connectivity index (χ2n) is 2.54. The highest BCUT2D eigenvalue weighted by Crippen LogP contribution is 2.02. The van der Waals surface area contributed by atoms with Gasteiger partial charge in [0.15, 0.2) is 0 Å². The molecule has 1 nitrogen and oxygen atoms in total. The van der Waals surface area contributed by atoms with Gasteiger partial charge < -0.3 is 5.11 Å². The highest BCUT2D eigenvalue weighted by atomic mass is 16.3. The highest BCUT2D eigenvalue weighted by molar-refractivity contribution is 5.01. The molecule has 0 aromatic carbocycles. The van der Waals surface area contributed by atoms with Gasteiger partial charge in [0.2, 0.25) is 0 Å². The van der Waals surface area contributed by atoms with Gasteiger partial charge in [-0.1, -0.05) is 19.8 Å². The van der Waals surface area contributed by atoms with Crippen LogP contribution in [0.4, 0.5) is 0 Å². The van der Waals surface area contributed by atoms with Crippen LogP contribution in [-0.4, -0.2) is 11.2 Å². The Morgan fingerprint density at radius 1 is 1.44 bits per heavy atom. The zero-order valence-electron chi connectivity index (χ0n) is 6.31. The molecule has 0 aliphatic heterocycles. The fourth-order valence-corrected chi connectivity index (χ4v) is 0.672. The van der Waals surface area contributed by atoms with Crippen molar-refractivity contribution in [2.45, 2.75) is 33.3 Å². The Bertz CT molecular complexity index is 116. The molecule has 0 unspecified atom stereocenters. The van der Waals surface area contributed by atoms with Gasteiger partial charge in [-0.15, -0.1) is 5.92 Å². The molecular formula is C8H14O. The quantitative estimate of drug-likeness (QED) is 0.555. The predicted molar refractivity (Wildman–Crippen MR) is 38.9 cm³/mol. The van der Waals surface area contributed by atoms with Gasteiger partial charge in [0.25, 0.3) is 0 Å². The van der Waals surface area contributed by atoms with E-state index in [-0.39, 0.29) is 0 Å². The zero-order valence-corrected chi connectivity index (χ0v) is 6.31. The number of hydrogen-bond donors (Lipinski definition) is 1. The van der Waals surface area contributed by atoms with E-state index in [2.05, 4.69) is 25.7 Å². The molecule has 52 valence electrons. The van der Waals surface area contributed by atoms with Gasteiger partial charge in [-0.2, -0.15) is 0 Å². The summed E-state index contributed by atoms with van der Waals surface area (Å²) in [6.07, 6.45) is 0.357. The molecule has 0 aliphatic carbocycles. The third-order valence-electron chi connectivity index (χ3n) is 1.01. The van der Waals surface area contributed by atoms with E-state index in [9.17, 15) is 0 Å². The van der Waals surface area contributed by atoms with Crippen LogP contribution >= 0.6 is 0 Å². The standard InChI is InChI=1S/C8H14O/c1-4-5-8(9)6-7(2)3/h7-9H,6H2,1-3H3/t8-/m1/s1. The lowest BCUT2D eigenvalue weighted by Crippen LogP contribution is -2.06. The summed E-state index contributed by atoms with van der Waals surface area (Å²) in [5.74, 6) is 5.88. The number of hydrogen-bond acceptors (Lipinski definition) is 1. The molecule has 0 aromatic rings. The van der Waals surface area contributed by atoms with Crippen LogP contribution in [0.15, 0.2) is 0 Å². The first-order chi connectivity index (χ1) is 4.16. The van der Waals surface area contributed by atoms with Crippen LogP contribution in [0.2, 0.25) is 0 Å². The minimum absolute atomic E-state index is 0.421. The van der Waals surface area contributed by atoms with E-state index in [1.165, 1.54) is 0 Å². The summed E-state index contributed by atoms with van der Waals surface area (Å²) in [6, 6.07) is 0. The molecule has 1 atom stereocenters. The van der Waals surface area contributed by atoms with Crippen LogP contribution in [0.3, 0.4) is 0 Å². The first kappa shape index (κ1) is 8.52. The lowest BCUT2D eigenvalue weighted by atomic mass is 10.1. The predicted octanol–water partition coefficient (Wildman–Crippen LogP) is 1.42. The van der Waals surface area contributed by atoms with Crippen LogP contribution in [-0.2, 0) is 0 Å². The summed E-state index contributed by atoms with van der Waals surface area (Å²) in [4.78, 5) is 0. The van der Waals surface area contributed by atoms with Crippen LogP contribution in [0.1, 0.15) is 27.2 Å². The highest BCUT2D eigenvalue weighted by Gasteiger charge is 2.00. The first-order valence-corrected chi connectivity index (χ1v) is 3.27. The molecule has 0 radical (unpaired) electrons. The molecule has 0 fully saturated rings. The summed E-state index contributed by atoms with van der Waals surface area (Å²) >= 11 is 0. The molecule has 0 saturated carbocycles. The minimum Gasteiger partial charge on any atom is -0.380 e. The molecule has 0 rings (SSSR count). The zero-order chi connectivity index (χ0) is 7.28. The second-order valence-corrected chi connectivity index (χ2v) is 2.54. The monoisotopic (exact) mass is 126 g/mol. The third kappa shape index (κ3) is 5.39. The van der Waals surface area contributed by atoms with Crippen molar-refractivity contribution in [1.29, 1.82) is 0 Å². The fraction of sp³-hybridized carbons (Fsp3) is 0.750. The van der Waals surface area contributed by atoms with Gasteiger partial charge >= 0.3 is 0 Å². The Hall–Kier alpha value is -0.480. The van der Waals surface area contributed by atoms with E-state index in [1.807, 2.05) is 0 Å². The molecule has 0 aromatic heterocycles. The van der Waals surface area contributed by atoms with E-state index < -0.39 is 6.10 Å². The maximum Gasteiger partial charge on any atom is 0.115 e. The molecular weight excluding hydrogens is 112 g/mol. The average molecular weight is 126 g/mol. The molecule has 1 N–H and O–H groups in total. The molecule has 0 aliphatic rings. The molecule has 0 saturated heterocycles. The van der Waals surface area contributed by atoms with Crippen molar-refractivity contribution in [2.24, 2.45) is 5.92 Å². The Balaban J connectivity index is 3.46. The van der Waals surface area contributed by atoms with E-state index in [1.54, 1.807) is 6.92 Å². The smallest absolute Gasteiger partial charge is 0.115 e. The van der Waals surface area contributed by atoms with Gasteiger partial charge in [-0.25, -0.2) is 0 Å². The molecule has 0 bridgehead atoms. The second kappa shape index (κ2) is 4.40. The maximum absolute atomic E-state index is 9.05. The topological polar surface area (TPSA) is 20.2 Å². The minimum atomic E-state index is -0.421. The van der Waals surface area contributed by atoms with Gasteiger partial charge in [0, 0.05) is 0 Å². The van der Waals surface area contributed by atoms with E-state index in [4.69, 9.17) is 5.11 Å². The van der Waals surface area contributed by atoms with E-state index >= 15 is 0 Å². The van der Waals surface area contributed by atoms with Crippen LogP contribution in [0, 0.1) is 17.8 Å². The summed E-state index contributed by atoms with van der Waals surface area (Å²) in [5, 5.41) is 9.05. The van der Waals surface area contributed by atoms with Gasteiger partial charge in [0.05, 0.1) is 0 Å². The summed E-state index contributed by atoms with van der Waals surface area (Å²) in [6.45, 7) is 5.88. The Labute approximate surface area is 57.1 Å². The number of rotatable bonds is 2. The Morgan fingerprint density at radius 3 is 2.33 bits per heavy atom. The normalized spacial score (nSPS) is 12.6. The van der Waals surface area contributed by atoms with Crippen molar-refractivity contribution in [3.63, 3.8) is 0 Å². The van der Waals surface area contributed by atoms with Crippen molar-refractivity contribution >= 4 is 0 Å². The Kier molecular flexibility index (Phi) is 4.17. The molecule has 1 heteroatoms. The third-order valence-corrected chi connectivity index (χ3v) is 1.01. The molecule has 0 spiro atoms. The van der Waals surface area contributed by atoms with Crippen LogP contribution in [0.25, 0.3) is 0 Å². The van der Waals surface area contributed by atoms with Crippen molar-refractivity contribution < 1.29 is 5.11 Å². The van der Waals surface area contributed by atoms with Gasteiger partial charge in [-0.05, 0) is 19.3 Å². The molecule has 0 amide bonds. The number of aliphatic hydroxyl groups is 1. The van der Waals surface area contributed by atoms with Crippen LogP contribution < -0.4 is 0 Å². The van der Waals surface area contributed by atoms with E-state index in [0.717, 1.165) is 6.42 Å². The lowest BCUT2D eigenvalue weighted by Gasteiger charge is -2.04. The SMILES string of the molecule is CC#C[C@@H](O)CC(C)C. The summed E-state index contributed by atoms with van der Waals surface area (Å²) in [7, 11) is 0. The largest absolute Gasteiger partial charge is 0.380 e. The molecule has 9 heavy (non-hydrogen) atoms. The summed E-state index contributed by atoms with van der Waals surface area (Å²) < 4.78 is 0. The first-order valence-electron chi connectivity index (χ1n) is 3.27. The average Bonchev–Trinajstić information content (AvgIpc) is 1.63. The van der Waals surface area contributed by atoms with Gasteiger partial charge in [0.1, 0.15) is 6.10 Å². The lowest BCUT2D eigenvalue weighted by molar-refractivity contribution is 0.204. The summed E-state index contributed by atoms with van der Waals surface area (Å²) in [5.41, 5.74) is 0. The fourth-order valence-electron chi connectivity index (χ4n) is 0.672.